The summed E-state index contributed by atoms with van der Waals surface area (Å²) in [5.74, 6) is 1.42. The van der Waals surface area contributed by atoms with Crippen LogP contribution < -0.4 is 0 Å². The van der Waals surface area contributed by atoms with Crippen LogP contribution in [0.4, 0.5) is 0 Å². The number of hydrogen-bond donors (Lipinski definition) is 0. The average Bonchev–Trinajstić information content (AvgIpc) is 0.811. The van der Waals surface area contributed by atoms with Crippen molar-refractivity contribution in [2.45, 2.75) is 20.8 Å². The summed E-state index contributed by atoms with van der Waals surface area (Å²) in [5, 5.41) is 0. The molecule has 31 valence electrons. The predicted octanol–water partition coefficient (Wildman–Crippen LogP) is 0.702. The van der Waals surface area contributed by atoms with Gasteiger partial charge in [0.25, 0.3) is 0 Å². The standard InChI is InChI=1S/C4H9.Ca.Zn.2H/c1-4(2)3;;;;/h1-3H3;;;;. The Labute approximate surface area is 82.8 Å². The fraction of sp³-hybridized carbons (Fsp3) is 0.750. The van der Waals surface area contributed by atoms with E-state index in [0.29, 0.717) is 0 Å². The molecule has 0 aromatic heterocycles. The first-order valence-corrected chi connectivity index (χ1v) is 1.50. The van der Waals surface area contributed by atoms with Gasteiger partial charge in [-0.1, -0.05) is 20.8 Å². The predicted molar refractivity (Wildman–Crippen MR) is 28.8 cm³/mol. The van der Waals surface area contributed by atoms with Crippen LogP contribution in [0.5, 0.6) is 0 Å². The first-order valence-electron chi connectivity index (χ1n) is 1.50. The normalized spacial score (nSPS) is 6.00. The molecule has 0 heterocycles. The van der Waals surface area contributed by atoms with E-state index in [9.17, 15) is 0 Å². The summed E-state index contributed by atoms with van der Waals surface area (Å²) in [6, 6.07) is 0. The zero-order valence-electron chi connectivity index (χ0n) is 4.21. The van der Waals surface area contributed by atoms with Crippen LogP contribution in [-0.4, -0.2) is 37.7 Å². The fourth-order valence-corrected chi connectivity index (χ4v) is 0. The van der Waals surface area contributed by atoms with Crippen molar-refractivity contribution in [3.8, 4) is 0 Å². The van der Waals surface area contributed by atoms with Gasteiger partial charge in [-0.15, -0.1) is 0 Å². The zero-order valence-corrected chi connectivity index (χ0v) is 7.17. The van der Waals surface area contributed by atoms with E-state index in [0.717, 1.165) is 0 Å². The van der Waals surface area contributed by atoms with Crippen molar-refractivity contribution in [2.24, 2.45) is 0 Å². The van der Waals surface area contributed by atoms with E-state index in [1.54, 1.807) is 0 Å². The SMILES string of the molecule is C[C](C)C.[CaH2].[Zn]. The molecule has 0 bridgehead atoms. The molecule has 0 rings (SSSR count). The van der Waals surface area contributed by atoms with Crippen molar-refractivity contribution in [1.29, 1.82) is 0 Å². The van der Waals surface area contributed by atoms with Gasteiger partial charge in [0, 0.05) is 19.5 Å². The summed E-state index contributed by atoms with van der Waals surface area (Å²) in [6.07, 6.45) is 0. The molecule has 0 fully saturated rings. The van der Waals surface area contributed by atoms with Crippen LogP contribution in [-0.2, 0) is 19.5 Å². The van der Waals surface area contributed by atoms with Crippen molar-refractivity contribution < 1.29 is 19.5 Å². The smallest absolute Gasteiger partial charge is 0 e. The van der Waals surface area contributed by atoms with Crippen LogP contribution >= 0.6 is 0 Å². The molecule has 0 saturated carbocycles. The van der Waals surface area contributed by atoms with Crippen LogP contribution in [0.15, 0.2) is 0 Å². The minimum absolute atomic E-state index is 0. The van der Waals surface area contributed by atoms with Gasteiger partial charge < -0.3 is 0 Å². The molecule has 0 spiro atoms. The Bertz CT molecular complexity index is 12.3. The zero-order chi connectivity index (χ0) is 3.58. The number of rotatable bonds is 0. The summed E-state index contributed by atoms with van der Waals surface area (Å²) >= 11 is 0. The summed E-state index contributed by atoms with van der Waals surface area (Å²) in [6.45, 7) is 6.25. The van der Waals surface area contributed by atoms with E-state index in [4.69, 9.17) is 0 Å². The molecule has 0 atom stereocenters. The molecule has 6 heavy (non-hydrogen) atoms. The molecule has 0 aliphatic carbocycles. The van der Waals surface area contributed by atoms with Crippen LogP contribution in [0, 0.1) is 5.92 Å². The van der Waals surface area contributed by atoms with Gasteiger partial charge in [0.05, 0.1) is 0 Å². The Kier molecular flexibility index (Phi) is 26.1. The molecule has 0 aliphatic heterocycles. The molecule has 0 aromatic rings. The van der Waals surface area contributed by atoms with Crippen LogP contribution in [0.1, 0.15) is 20.8 Å². The van der Waals surface area contributed by atoms with E-state index < -0.39 is 0 Å². The number of hydrogen-bond acceptors (Lipinski definition) is 0. The first kappa shape index (κ1) is 15.7. The first-order chi connectivity index (χ1) is 1.73. The quantitative estimate of drug-likeness (QED) is 0.463. The maximum Gasteiger partial charge on any atom is 0 e. The van der Waals surface area contributed by atoms with Gasteiger partial charge in [-0.3, -0.25) is 0 Å². The van der Waals surface area contributed by atoms with Gasteiger partial charge in [0.1, 0.15) is 0 Å². The second-order valence-corrected chi connectivity index (χ2v) is 1.50. The summed E-state index contributed by atoms with van der Waals surface area (Å²) in [4.78, 5) is 0. The molecule has 0 nitrogen and oxygen atoms in total. The average molecular weight is 165 g/mol. The Balaban J connectivity index is -0.0000000450. The Morgan fingerprint density at radius 1 is 1.00 bits per heavy atom. The fourth-order valence-electron chi connectivity index (χ4n) is 0. The Morgan fingerprint density at radius 3 is 1.00 bits per heavy atom. The van der Waals surface area contributed by atoms with E-state index in [2.05, 4.69) is 20.8 Å². The van der Waals surface area contributed by atoms with Crippen molar-refractivity contribution in [1.82, 2.24) is 0 Å². The monoisotopic (exact) mass is 163 g/mol. The molecular weight excluding hydrogens is 154 g/mol. The largest absolute Gasteiger partial charge is 0 e. The van der Waals surface area contributed by atoms with Crippen molar-refractivity contribution in [3.63, 3.8) is 0 Å². The van der Waals surface area contributed by atoms with Gasteiger partial charge in [-0.2, -0.15) is 0 Å². The molecule has 0 unspecified atom stereocenters. The molecule has 0 aromatic carbocycles. The molecular formula is C4H11CaZn. The van der Waals surface area contributed by atoms with Gasteiger partial charge in [0.15, 0.2) is 0 Å². The van der Waals surface area contributed by atoms with E-state index >= 15 is 0 Å². The second kappa shape index (κ2) is 9.99. The molecule has 2 heteroatoms. The second-order valence-electron chi connectivity index (χ2n) is 1.50. The maximum atomic E-state index is 2.08. The van der Waals surface area contributed by atoms with Gasteiger partial charge in [-0.05, 0) is 5.92 Å². The third kappa shape index (κ3) is 39.6. The summed E-state index contributed by atoms with van der Waals surface area (Å²) in [5.41, 5.74) is 0. The van der Waals surface area contributed by atoms with Crippen LogP contribution in [0.25, 0.3) is 0 Å². The molecule has 1 radical (unpaired) electrons. The van der Waals surface area contributed by atoms with Gasteiger partial charge in [0.2, 0.25) is 0 Å². The van der Waals surface area contributed by atoms with E-state index in [1.165, 1.54) is 5.92 Å². The van der Waals surface area contributed by atoms with Crippen LogP contribution in [0.2, 0.25) is 0 Å². The van der Waals surface area contributed by atoms with Crippen molar-refractivity contribution in [3.05, 3.63) is 5.92 Å². The maximum absolute atomic E-state index is 2.08. The Hall–Kier alpha value is 1.88. The van der Waals surface area contributed by atoms with E-state index in [1.807, 2.05) is 0 Å². The van der Waals surface area contributed by atoms with Crippen molar-refractivity contribution in [2.75, 3.05) is 0 Å². The molecule has 0 saturated heterocycles. The van der Waals surface area contributed by atoms with E-state index in [-0.39, 0.29) is 57.2 Å². The van der Waals surface area contributed by atoms with Crippen LogP contribution in [0.3, 0.4) is 0 Å². The summed E-state index contributed by atoms with van der Waals surface area (Å²) in [7, 11) is 0. The third-order valence-electron chi connectivity index (χ3n) is 0. The van der Waals surface area contributed by atoms with Crippen molar-refractivity contribution >= 4 is 37.7 Å². The third-order valence-corrected chi connectivity index (χ3v) is 0. The molecule has 0 aliphatic rings. The minimum atomic E-state index is 0. The molecule has 0 N–H and O–H groups in total. The Morgan fingerprint density at radius 2 is 1.00 bits per heavy atom. The topological polar surface area (TPSA) is 0 Å². The summed E-state index contributed by atoms with van der Waals surface area (Å²) < 4.78 is 0. The minimum Gasteiger partial charge on any atom is 0 e. The van der Waals surface area contributed by atoms with Gasteiger partial charge in [-0.25, -0.2) is 0 Å². The molecule has 0 amide bonds. The van der Waals surface area contributed by atoms with Gasteiger partial charge >= 0.3 is 37.7 Å².